The van der Waals surface area contributed by atoms with E-state index >= 15 is 0 Å². The molecule has 1 aliphatic rings. The molecule has 0 aromatic heterocycles. The predicted octanol–water partition coefficient (Wildman–Crippen LogP) is -1.20. The van der Waals surface area contributed by atoms with E-state index in [0.717, 1.165) is 19.2 Å². The molecule has 2 amide bonds. The lowest BCUT2D eigenvalue weighted by Gasteiger charge is -2.22. The van der Waals surface area contributed by atoms with E-state index in [-0.39, 0.29) is 24.4 Å². The summed E-state index contributed by atoms with van der Waals surface area (Å²) < 4.78 is 0. The van der Waals surface area contributed by atoms with Crippen LogP contribution in [0.2, 0.25) is 0 Å². The molecule has 14 heavy (non-hydrogen) atoms. The molecule has 0 aliphatic carbocycles. The Balaban J connectivity index is 0.00000169. The van der Waals surface area contributed by atoms with Crippen molar-refractivity contribution >= 4 is 24.2 Å². The molecule has 1 rings (SSSR count). The molecule has 6 heteroatoms. The number of carbonyl (C=O) groups is 2. The summed E-state index contributed by atoms with van der Waals surface area (Å²) in [5.41, 5.74) is 0. The molecular weight excluding hydrogens is 206 g/mol. The summed E-state index contributed by atoms with van der Waals surface area (Å²) in [5, 5.41) is 8.23. The Morgan fingerprint density at radius 1 is 1.43 bits per heavy atom. The van der Waals surface area contributed by atoms with Gasteiger partial charge in [0.1, 0.15) is 0 Å². The van der Waals surface area contributed by atoms with Crippen LogP contribution in [0.5, 0.6) is 0 Å². The molecule has 1 unspecified atom stereocenters. The summed E-state index contributed by atoms with van der Waals surface area (Å²) >= 11 is 0. The van der Waals surface area contributed by atoms with E-state index in [1.165, 1.54) is 0 Å². The zero-order valence-electron chi connectivity index (χ0n) is 7.71. The van der Waals surface area contributed by atoms with Crippen molar-refractivity contribution in [2.45, 2.75) is 6.04 Å². The maximum Gasteiger partial charge on any atom is 0.249 e. The molecule has 0 spiro atoms. The molecule has 80 valence electrons. The van der Waals surface area contributed by atoms with Crippen molar-refractivity contribution in [3.05, 3.63) is 12.7 Å². The van der Waals surface area contributed by atoms with Gasteiger partial charge in [0.05, 0.1) is 6.04 Å². The first kappa shape index (κ1) is 13.1. The van der Waals surface area contributed by atoms with Gasteiger partial charge in [-0.2, -0.15) is 0 Å². The van der Waals surface area contributed by atoms with Gasteiger partial charge >= 0.3 is 0 Å². The van der Waals surface area contributed by atoms with E-state index in [0.29, 0.717) is 6.54 Å². The third kappa shape index (κ3) is 3.87. The first-order chi connectivity index (χ1) is 6.24. The minimum atomic E-state index is -0.461. The molecule has 0 aromatic carbocycles. The van der Waals surface area contributed by atoms with Gasteiger partial charge < -0.3 is 10.6 Å². The molecule has 1 heterocycles. The molecule has 1 atom stereocenters. The van der Waals surface area contributed by atoms with Crippen LogP contribution in [0.15, 0.2) is 12.7 Å². The number of nitrogens with one attached hydrogen (secondary N) is 3. The molecule has 3 N–H and O–H groups in total. The normalized spacial score (nSPS) is 20.4. The molecule has 1 fully saturated rings. The standard InChI is InChI=1S/C8H13N3O2.ClH/c1-2-7(12)11-8(13)6-5-9-3-4-10-6;/h2,6,9-10H,1,3-5H2,(H,11,12,13);1H. The molecule has 0 saturated carbocycles. The third-order valence-electron chi connectivity index (χ3n) is 1.79. The number of imide groups is 1. The molecular formula is C8H14ClN3O2. The van der Waals surface area contributed by atoms with Crippen LogP contribution in [0.1, 0.15) is 0 Å². The number of hydrogen-bond acceptors (Lipinski definition) is 4. The zero-order chi connectivity index (χ0) is 9.68. The van der Waals surface area contributed by atoms with Gasteiger partial charge in [0.15, 0.2) is 0 Å². The van der Waals surface area contributed by atoms with Crippen molar-refractivity contribution in [2.24, 2.45) is 0 Å². The maximum absolute atomic E-state index is 11.3. The average Bonchev–Trinajstić information content (AvgIpc) is 2.19. The fourth-order valence-corrected chi connectivity index (χ4v) is 1.10. The Labute approximate surface area is 88.7 Å². The molecule has 1 saturated heterocycles. The quantitative estimate of drug-likeness (QED) is 0.511. The Morgan fingerprint density at radius 2 is 2.14 bits per heavy atom. The molecule has 1 aliphatic heterocycles. The van der Waals surface area contributed by atoms with Gasteiger partial charge in [0.2, 0.25) is 11.8 Å². The van der Waals surface area contributed by atoms with Crippen molar-refractivity contribution in [3.8, 4) is 0 Å². The van der Waals surface area contributed by atoms with Crippen LogP contribution in [0.25, 0.3) is 0 Å². The second kappa shape index (κ2) is 6.53. The summed E-state index contributed by atoms with van der Waals surface area (Å²) in [6, 6.07) is -0.322. The lowest BCUT2D eigenvalue weighted by Crippen LogP contribution is -2.56. The van der Waals surface area contributed by atoms with Gasteiger partial charge in [-0.3, -0.25) is 14.9 Å². The van der Waals surface area contributed by atoms with Crippen molar-refractivity contribution in [1.82, 2.24) is 16.0 Å². The molecule has 5 nitrogen and oxygen atoms in total. The number of piperazine rings is 1. The Bertz CT molecular complexity index is 227. The van der Waals surface area contributed by atoms with Gasteiger partial charge in [-0.25, -0.2) is 0 Å². The predicted molar refractivity (Wildman–Crippen MR) is 55.3 cm³/mol. The number of amides is 2. The Hall–Kier alpha value is -0.910. The topological polar surface area (TPSA) is 70.2 Å². The van der Waals surface area contributed by atoms with Gasteiger partial charge in [0, 0.05) is 19.6 Å². The lowest BCUT2D eigenvalue weighted by molar-refractivity contribution is -0.129. The second-order valence-electron chi connectivity index (χ2n) is 2.77. The zero-order valence-corrected chi connectivity index (χ0v) is 8.52. The minimum Gasteiger partial charge on any atom is -0.313 e. The van der Waals surface area contributed by atoms with Gasteiger partial charge in [0.25, 0.3) is 0 Å². The van der Waals surface area contributed by atoms with Crippen LogP contribution < -0.4 is 16.0 Å². The second-order valence-corrected chi connectivity index (χ2v) is 2.77. The first-order valence-electron chi connectivity index (χ1n) is 4.15. The fraction of sp³-hybridized carbons (Fsp3) is 0.500. The van der Waals surface area contributed by atoms with Crippen molar-refractivity contribution in [1.29, 1.82) is 0 Å². The van der Waals surface area contributed by atoms with E-state index in [1.807, 2.05) is 0 Å². The van der Waals surface area contributed by atoms with E-state index in [2.05, 4.69) is 22.5 Å². The largest absolute Gasteiger partial charge is 0.313 e. The number of hydrogen-bond donors (Lipinski definition) is 3. The lowest BCUT2D eigenvalue weighted by atomic mass is 10.2. The van der Waals surface area contributed by atoms with Crippen LogP contribution in [-0.2, 0) is 9.59 Å². The monoisotopic (exact) mass is 219 g/mol. The van der Waals surface area contributed by atoms with Gasteiger partial charge in [-0.05, 0) is 6.08 Å². The molecule has 0 radical (unpaired) electrons. The minimum absolute atomic E-state index is 0. The van der Waals surface area contributed by atoms with Crippen LogP contribution in [0, 0.1) is 0 Å². The summed E-state index contributed by atoms with van der Waals surface area (Å²) in [7, 11) is 0. The summed E-state index contributed by atoms with van der Waals surface area (Å²) in [6.45, 7) is 5.39. The summed E-state index contributed by atoms with van der Waals surface area (Å²) in [6.07, 6.45) is 1.08. The summed E-state index contributed by atoms with van der Waals surface area (Å²) in [4.78, 5) is 22.1. The Morgan fingerprint density at radius 3 is 2.64 bits per heavy atom. The summed E-state index contributed by atoms with van der Waals surface area (Å²) in [5.74, 6) is -0.769. The van der Waals surface area contributed by atoms with Crippen molar-refractivity contribution in [3.63, 3.8) is 0 Å². The van der Waals surface area contributed by atoms with E-state index in [9.17, 15) is 9.59 Å². The highest BCUT2D eigenvalue weighted by atomic mass is 35.5. The average molecular weight is 220 g/mol. The fourth-order valence-electron chi connectivity index (χ4n) is 1.10. The molecule has 0 aromatic rings. The van der Waals surface area contributed by atoms with Crippen LogP contribution in [0.3, 0.4) is 0 Å². The van der Waals surface area contributed by atoms with E-state index < -0.39 is 5.91 Å². The van der Waals surface area contributed by atoms with Crippen LogP contribution in [0.4, 0.5) is 0 Å². The van der Waals surface area contributed by atoms with Crippen LogP contribution >= 0.6 is 12.4 Å². The number of halogens is 1. The highest BCUT2D eigenvalue weighted by molar-refractivity contribution is 6.02. The van der Waals surface area contributed by atoms with Crippen molar-refractivity contribution in [2.75, 3.05) is 19.6 Å². The molecule has 0 bridgehead atoms. The highest BCUT2D eigenvalue weighted by Gasteiger charge is 2.20. The van der Waals surface area contributed by atoms with E-state index in [1.54, 1.807) is 0 Å². The van der Waals surface area contributed by atoms with Crippen molar-refractivity contribution < 1.29 is 9.59 Å². The smallest absolute Gasteiger partial charge is 0.249 e. The maximum atomic E-state index is 11.3. The van der Waals surface area contributed by atoms with Gasteiger partial charge in [-0.1, -0.05) is 6.58 Å². The Kier molecular flexibility index (Phi) is 6.11. The number of rotatable bonds is 2. The van der Waals surface area contributed by atoms with Crippen LogP contribution in [-0.4, -0.2) is 37.5 Å². The first-order valence-corrected chi connectivity index (χ1v) is 4.15. The number of carbonyl (C=O) groups excluding carboxylic acids is 2. The third-order valence-corrected chi connectivity index (χ3v) is 1.79. The highest BCUT2D eigenvalue weighted by Crippen LogP contribution is 1.87. The van der Waals surface area contributed by atoms with E-state index in [4.69, 9.17) is 0 Å². The SMILES string of the molecule is C=CC(=O)NC(=O)C1CNCCN1.Cl. The van der Waals surface area contributed by atoms with Gasteiger partial charge in [-0.15, -0.1) is 12.4 Å².